The first-order valence-corrected chi connectivity index (χ1v) is 7.24. The zero-order valence-corrected chi connectivity index (χ0v) is 11.9. The van der Waals surface area contributed by atoms with E-state index in [2.05, 4.69) is 63.8 Å². The maximum Gasteiger partial charge on any atom is 0.0921 e. The van der Waals surface area contributed by atoms with E-state index in [1.807, 2.05) is 12.3 Å². The quantitative estimate of drug-likeness (QED) is 0.678. The summed E-state index contributed by atoms with van der Waals surface area (Å²) in [6.45, 7) is 1.84. The Bertz CT molecular complexity index is 643. The van der Waals surface area contributed by atoms with Crippen LogP contribution in [0.15, 0.2) is 67.1 Å². The predicted molar refractivity (Wildman–Crippen MR) is 85.9 cm³/mol. The van der Waals surface area contributed by atoms with Crippen molar-refractivity contribution in [1.29, 1.82) is 0 Å². The van der Waals surface area contributed by atoms with Gasteiger partial charge in [0.1, 0.15) is 0 Å². The van der Waals surface area contributed by atoms with Gasteiger partial charge in [0.2, 0.25) is 0 Å². The highest BCUT2D eigenvalue weighted by Crippen LogP contribution is 2.19. The van der Waals surface area contributed by atoms with Crippen LogP contribution in [0.4, 0.5) is 0 Å². The van der Waals surface area contributed by atoms with E-state index >= 15 is 0 Å². The molecule has 2 aromatic carbocycles. The predicted octanol–water partition coefficient (Wildman–Crippen LogP) is 3.41. The standard InChI is InChI=1S/C18H19N3/c1-2-4-16(5-3-1)17-8-6-15(7-9-17)12-19-11-10-18-13-20-14-21-18/h1-9,13-14,19H,10-12H2,(H,20,21). The molecule has 106 valence electrons. The summed E-state index contributed by atoms with van der Waals surface area (Å²) in [5.41, 5.74) is 4.99. The lowest BCUT2D eigenvalue weighted by molar-refractivity contribution is 0.681. The van der Waals surface area contributed by atoms with Crippen molar-refractivity contribution in [1.82, 2.24) is 15.3 Å². The van der Waals surface area contributed by atoms with Gasteiger partial charge in [0, 0.05) is 31.4 Å². The molecule has 21 heavy (non-hydrogen) atoms. The zero-order chi connectivity index (χ0) is 14.3. The number of imidazole rings is 1. The van der Waals surface area contributed by atoms with E-state index in [-0.39, 0.29) is 0 Å². The van der Waals surface area contributed by atoms with Crippen molar-refractivity contribution in [2.75, 3.05) is 6.54 Å². The van der Waals surface area contributed by atoms with Gasteiger partial charge in [-0.05, 0) is 16.7 Å². The summed E-state index contributed by atoms with van der Waals surface area (Å²) in [4.78, 5) is 7.12. The van der Waals surface area contributed by atoms with Gasteiger partial charge in [0.25, 0.3) is 0 Å². The van der Waals surface area contributed by atoms with Crippen molar-refractivity contribution in [3.05, 3.63) is 78.4 Å². The Kier molecular flexibility index (Phi) is 4.44. The summed E-state index contributed by atoms with van der Waals surface area (Å²) in [5.74, 6) is 0. The molecule has 1 heterocycles. The Balaban J connectivity index is 1.50. The highest BCUT2D eigenvalue weighted by Gasteiger charge is 1.98. The first kappa shape index (κ1) is 13.6. The van der Waals surface area contributed by atoms with Crippen molar-refractivity contribution in [3.63, 3.8) is 0 Å². The van der Waals surface area contributed by atoms with E-state index in [0.29, 0.717) is 0 Å². The summed E-state index contributed by atoms with van der Waals surface area (Å²) in [6, 6.07) is 19.2. The van der Waals surface area contributed by atoms with Gasteiger partial charge < -0.3 is 10.3 Å². The fourth-order valence-electron chi connectivity index (χ4n) is 2.32. The van der Waals surface area contributed by atoms with Crippen LogP contribution in [0.1, 0.15) is 11.3 Å². The summed E-state index contributed by atoms with van der Waals surface area (Å²) in [6.07, 6.45) is 4.57. The molecule has 0 saturated heterocycles. The average molecular weight is 277 g/mol. The van der Waals surface area contributed by atoms with E-state index in [9.17, 15) is 0 Å². The van der Waals surface area contributed by atoms with E-state index in [1.165, 1.54) is 22.4 Å². The van der Waals surface area contributed by atoms with Gasteiger partial charge >= 0.3 is 0 Å². The fraction of sp³-hybridized carbons (Fsp3) is 0.167. The molecule has 0 fully saturated rings. The lowest BCUT2D eigenvalue weighted by Gasteiger charge is -2.06. The highest BCUT2D eigenvalue weighted by atomic mass is 14.9. The van der Waals surface area contributed by atoms with Crippen molar-refractivity contribution in [3.8, 4) is 11.1 Å². The maximum absolute atomic E-state index is 4.01. The summed E-state index contributed by atoms with van der Waals surface area (Å²) in [5, 5.41) is 3.45. The number of benzene rings is 2. The summed E-state index contributed by atoms with van der Waals surface area (Å²) in [7, 11) is 0. The molecule has 0 aliphatic rings. The lowest BCUT2D eigenvalue weighted by Crippen LogP contribution is -2.16. The van der Waals surface area contributed by atoms with Crippen LogP contribution < -0.4 is 5.32 Å². The number of nitrogens with one attached hydrogen (secondary N) is 2. The van der Waals surface area contributed by atoms with Crippen molar-refractivity contribution < 1.29 is 0 Å². The average Bonchev–Trinajstić information content (AvgIpc) is 3.06. The van der Waals surface area contributed by atoms with Gasteiger partial charge in [-0.25, -0.2) is 4.98 Å². The largest absolute Gasteiger partial charge is 0.348 e. The van der Waals surface area contributed by atoms with E-state index in [1.54, 1.807) is 6.33 Å². The minimum Gasteiger partial charge on any atom is -0.348 e. The molecule has 3 rings (SSSR count). The van der Waals surface area contributed by atoms with Crippen LogP contribution in [0.5, 0.6) is 0 Å². The fourth-order valence-corrected chi connectivity index (χ4v) is 2.32. The highest BCUT2D eigenvalue weighted by molar-refractivity contribution is 5.63. The van der Waals surface area contributed by atoms with Gasteiger partial charge in [-0.3, -0.25) is 0 Å². The Morgan fingerprint density at radius 1 is 0.905 bits per heavy atom. The van der Waals surface area contributed by atoms with E-state index in [0.717, 1.165) is 19.5 Å². The third-order valence-corrected chi connectivity index (χ3v) is 3.52. The second-order valence-electron chi connectivity index (χ2n) is 5.07. The molecule has 0 saturated carbocycles. The SMILES string of the molecule is c1ccc(-c2ccc(CNCCc3cnc[nH]3)cc2)cc1. The first-order valence-electron chi connectivity index (χ1n) is 7.24. The molecule has 0 aliphatic carbocycles. The second kappa shape index (κ2) is 6.86. The van der Waals surface area contributed by atoms with Crippen LogP contribution in [-0.4, -0.2) is 16.5 Å². The topological polar surface area (TPSA) is 40.7 Å². The maximum atomic E-state index is 4.01. The van der Waals surface area contributed by atoms with Crippen molar-refractivity contribution in [2.24, 2.45) is 0 Å². The molecule has 0 spiro atoms. The molecule has 0 atom stereocenters. The molecule has 0 bridgehead atoms. The minimum atomic E-state index is 0.892. The van der Waals surface area contributed by atoms with E-state index in [4.69, 9.17) is 0 Å². The number of nitrogens with zero attached hydrogens (tertiary/aromatic N) is 1. The summed E-state index contributed by atoms with van der Waals surface area (Å²) >= 11 is 0. The molecule has 2 N–H and O–H groups in total. The van der Waals surface area contributed by atoms with Crippen LogP contribution in [0.3, 0.4) is 0 Å². The monoisotopic (exact) mass is 277 g/mol. The molecule has 1 aromatic heterocycles. The molecule has 0 radical (unpaired) electrons. The van der Waals surface area contributed by atoms with Gasteiger partial charge in [-0.2, -0.15) is 0 Å². The Morgan fingerprint density at radius 2 is 1.67 bits per heavy atom. The van der Waals surface area contributed by atoms with Crippen LogP contribution in [0, 0.1) is 0 Å². The molecule has 3 nitrogen and oxygen atoms in total. The van der Waals surface area contributed by atoms with Crippen LogP contribution in [0.2, 0.25) is 0 Å². The Labute approximate surface area is 125 Å². The Hall–Kier alpha value is -2.39. The molecule has 0 amide bonds. The van der Waals surface area contributed by atoms with Crippen molar-refractivity contribution in [2.45, 2.75) is 13.0 Å². The molecule has 3 aromatic rings. The summed E-state index contributed by atoms with van der Waals surface area (Å²) < 4.78 is 0. The normalized spacial score (nSPS) is 10.7. The minimum absolute atomic E-state index is 0.892. The van der Waals surface area contributed by atoms with Gasteiger partial charge in [0.15, 0.2) is 0 Å². The number of rotatable bonds is 6. The second-order valence-corrected chi connectivity index (χ2v) is 5.07. The number of aromatic nitrogens is 2. The number of H-pyrrole nitrogens is 1. The smallest absolute Gasteiger partial charge is 0.0921 e. The van der Waals surface area contributed by atoms with Gasteiger partial charge in [0.05, 0.1) is 6.33 Å². The lowest BCUT2D eigenvalue weighted by atomic mass is 10.0. The van der Waals surface area contributed by atoms with E-state index < -0.39 is 0 Å². The number of hydrogen-bond donors (Lipinski definition) is 2. The molecule has 0 aliphatic heterocycles. The van der Waals surface area contributed by atoms with Crippen LogP contribution in [0.25, 0.3) is 11.1 Å². The van der Waals surface area contributed by atoms with Gasteiger partial charge in [-0.1, -0.05) is 54.6 Å². The number of hydrogen-bond acceptors (Lipinski definition) is 2. The zero-order valence-electron chi connectivity index (χ0n) is 11.9. The molecule has 0 unspecified atom stereocenters. The van der Waals surface area contributed by atoms with Gasteiger partial charge in [-0.15, -0.1) is 0 Å². The molecular formula is C18H19N3. The third-order valence-electron chi connectivity index (χ3n) is 3.52. The van der Waals surface area contributed by atoms with Crippen LogP contribution >= 0.6 is 0 Å². The molecular weight excluding hydrogens is 258 g/mol. The third kappa shape index (κ3) is 3.80. The molecule has 3 heteroatoms. The van der Waals surface area contributed by atoms with Crippen LogP contribution in [-0.2, 0) is 13.0 Å². The number of aromatic amines is 1. The van der Waals surface area contributed by atoms with Crippen molar-refractivity contribution >= 4 is 0 Å². The Morgan fingerprint density at radius 3 is 2.38 bits per heavy atom. The first-order chi connectivity index (χ1) is 10.4.